The Labute approximate surface area is 538 Å². The number of aryl methyl sites for hydroxylation is 2. The van der Waals surface area contributed by atoms with Crippen molar-refractivity contribution in [2.45, 2.75) is 88.0 Å². The van der Waals surface area contributed by atoms with Crippen LogP contribution in [0.4, 0.5) is 158 Å². The topological polar surface area (TPSA) is 107 Å². The van der Waals surface area contributed by atoms with Gasteiger partial charge in [0.15, 0.2) is 34.2 Å². The van der Waals surface area contributed by atoms with E-state index in [4.69, 9.17) is 0 Å². The molecule has 540 valence electrons. The smallest absolute Gasteiger partial charge is 0.392 e. The molecule has 12 nitrogen and oxygen atoms in total. The number of hydrogen-bond donors (Lipinski definition) is 0. The summed E-state index contributed by atoms with van der Waals surface area (Å²) >= 11 is 0. The summed E-state index contributed by atoms with van der Waals surface area (Å²) in [5.74, 6) is 0. The largest absolute Gasteiger partial charge is 1.00 e. The zero-order valence-electron chi connectivity index (χ0n) is 45.2. The molecule has 0 N–H and O–H groups in total. The van der Waals surface area contributed by atoms with Crippen LogP contribution < -0.4 is 0 Å². The molecule has 0 bridgehead atoms. The Balaban J connectivity index is 0.000000406. The van der Waals surface area contributed by atoms with E-state index in [2.05, 4.69) is 68.7 Å². The van der Waals surface area contributed by atoms with Gasteiger partial charge in [-0.1, -0.05) is 71.8 Å². The number of hydrogen-bond acceptors (Lipinski definition) is 6. The predicted octanol–water partition coefficient (Wildman–Crippen LogP) is 16.1. The molecule has 0 amide bonds. The van der Waals surface area contributed by atoms with E-state index >= 15 is 0 Å². The van der Waals surface area contributed by atoms with E-state index in [9.17, 15) is 158 Å². The summed E-state index contributed by atoms with van der Waals surface area (Å²) in [6, 6.07) is 14.9. The second-order valence-corrected chi connectivity index (χ2v) is 18.6. The molecule has 8 rings (SSSR count). The van der Waals surface area contributed by atoms with Gasteiger partial charge in [-0.3, -0.25) is 0 Å². The van der Waals surface area contributed by atoms with Crippen LogP contribution in [0.2, 0.25) is 0 Å². The summed E-state index contributed by atoms with van der Waals surface area (Å²) in [6.45, 7) is 4.17. The van der Waals surface area contributed by atoms with Gasteiger partial charge in [0.25, 0.3) is 0 Å². The monoisotopic (exact) mass is 1640 g/mol. The molecule has 0 atom stereocenters. The first-order valence-corrected chi connectivity index (χ1v) is 23.9. The fourth-order valence-electron chi connectivity index (χ4n) is 7.82. The Morgan fingerprint density at radius 2 is 0.344 bits per heavy atom. The van der Waals surface area contributed by atoms with Gasteiger partial charge < -0.3 is 27.6 Å². The summed E-state index contributed by atoms with van der Waals surface area (Å²) in [6.07, 6.45) is -72.1. The zero-order chi connectivity index (χ0) is 72.3. The third-order valence-electron chi connectivity index (χ3n) is 11.7. The zero-order valence-corrected chi connectivity index (χ0v) is 48.2. The maximum atomic E-state index is 13.6. The molecular formula is C44H24Ag2B2F36N12. The molecule has 2 aromatic carbocycles. The summed E-state index contributed by atoms with van der Waals surface area (Å²) in [4.78, 5) is 0. The second-order valence-electron chi connectivity index (χ2n) is 18.6. The van der Waals surface area contributed by atoms with Gasteiger partial charge >= 0.3 is 133 Å². The molecule has 0 aliphatic carbocycles. The molecule has 0 saturated heterocycles. The van der Waals surface area contributed by atoms with Gasteiger partial charge in [0.2, 0.25) is 0 Å². The van der Waals surface area contributed by atoms with Crippen LogP contribution in [0, 0.1) is 13.8 Å². The Morgan fingerprint density at radius 3 is 0.427 bits per heavy atom. The van der Waals surface area contributed by atoms with E-state index in [0.717, 1.165) is 0 Å². The average Bonchev–Trinajstić information content (AvgIpc) is 1.57. The summed E-state index contributed by atoms with van der Waals surface area (Å²) < 4.78 is 474. The summed E-state index contributed by atoms with van der Waals surface area (Å²) in [7, 11) is -10.6. The maximum absolute atomic E-state index is 13.6. The number of halogens is 36. The van der Waals surface area contributed by atoms with Gasteiger partial charge in [-0.05, 0) is 50.2 Å². The van der Waals surface area contributed by atoms with Crippen molar-refractivity contribution < 1.29 is 203 Å². The molecule has 0 aliphatic rings. The van der Waals surface area contributed by atoms with Crippen LogP contribution in [0.1, 0.15) is 79.5 Å². The molecule has 0 radical (unpaired) electrons. The SMILES string of the molecule is Cc1ccccc1.Cc1ccccc1.FC(F)(F)c1cc(C(F)(F)F)n([BH-](n2nc(C(F)(F)F)cc2C(F)(F)F)n2nc(C(F)(F)F)cc2C(F)(F)F)n1.FC(F)(F)c1cc(C(F)(F)F)n([BH-](n2nc(C(F)(F)F)cc2C(F)(F)F)n2nc(C(F)(F)F)cc2C(F)(F)F)n1.[Ag+].[Ag+]. The summed E-state index contributed by atoms with van der Waals surface area (Å²) in [5.41, 5.74) is -30.0. The van der Waals surface area contributed by atoms with Crippen LogP contribution in [0.25, 0.3) is 0 Å². The Hall–Kier alpha value is -7.21. The van der Waals surface area contributed by atoms with E-state index in [1.165, 1.54) is 11.1 Å². The molecular weight excluding hydrogens is 1620 g/mol. The first-order valence-electron chi connectivity index (χ1n) is 23.9. The van der Waals surface area contributed by atoms with Crippen molar-refractivity contribution in [1.29, 1.82) is 0 Å². The van der Waals surface area contributed by atoms with Gasteiger partial charge in [-0.2, -0.15) is 158 Å². The number of nitrogens with zero attached hydrogens (tertiary/aromatic N) is 12. The molecule has 0 aliphatic heterocycles. The fourth-order valence-corrected chi connectivity index (χ4v) is 7.82. The predicted molar refractivity (Wildman–Crippen MR) is 242 cm³/mol. The van der Waals surface area contributed by atoms with E-state index in [-0.39, 0.29) is 44.8 Å². The third kappa shape index (κ3) is 20.4. The van der Waals surface area contributed by atoms with Gasteiger partial charge in [0.05, 0.1) is 0 Å². The fraction of sp³-hybridized carbons (Fsp3) is 0.318. The normalized spacial score (nSPS) is 13.3. The van der Waals surface area contributed by atoms with Crippen LogP contribution >= 0.6 is 0 Å². The van der Waals surface area contributed by atoms with Crippen LogP contribution in [-0.2, 0) is 119 Å². The first kappa shape index (κ1) is 83.0. The van der Waals surface area contributed by atoms with Crippen LogP contribution in [0.3, 0.4) is 0 Å². The minimum Gasteiger partial charge on any atom is -0.392 e. The molecule has 52 heteroatoms. The van der Waals surface area contributed by atoms with Crippen molar-refractivity contribution in [3.05, 3.63) is 177 Å². The number of alkyl halides is 36. The van der Waals surface area contributed by atoms with Crippen molar-refractivity contribution in [3.8, 4) is 0 Å². The van der Waals surface area contributed by atoms with E-state index in [1.807, 2.05) is 36.4 Å². The molecule has 0 spiro atoms. The van der Waals surface area contributed by atoms with Gasteiger partial charge in [-0.25, -0.2) is 30.6 Å². The van der Waals surface area contributed by atoms with Crippen molar-refractivity contribution in [2.24, 2.45) is 0 Å². The van der Waals surface area contributed by atoms with Gasteiger partial charge in [-0.15, -0.1) is 0 Å². The van der Waals surface area contributed by atoms with Crippen molar-refractivity contribution in [3.63, 3.8) is 0 Å². The average molecular weight is 1640 g/mol. The number of rotatable bonds is 6. The summed E-state index contributed by atoms with van der Waals surface area (Å²) in [5, 5.41) is 13.7. The Kier molecular flexibility index (Phi) is 24.5. The molecule has 6 aromatic heterocycles. The molecule has 8 aromatic rings. The standard InChI is InChI=1S/2C15H4BF18N6.2C7H8.2Ag/c2*17-10(18,19)4-1-7(13(26,27)28)38(35-4)16(39-8(14(29,30)31)2-5(36-39)11(20,21)22)40-9(15(32,33)34)3-6(37-40)12(23,24)25;2*1-7-5-3-2-4-6-7;;/h2*1-3,16H;2*2-6H,1H3;;/q2*-1;;;2*+1. The number of benzene rings is 2. The number of aromatic nitrogens is 12. The maximum Gasteiger partial charge on any atom is 1.00 e. The van der Waals surface area contributed by atoms with Gasteiger partial charge in [0.1, 0.15) is 34.2 Å². The molecule has 6 heterocycles. The molecule has 0 fully saturated rings. The molecule has 0 saturated carbocycles. The van der Waals surface area contributed by atoms with Crippen LogP contribution in [-0.4, -0.2) is 72.4 Å². The van der Waals surface area contributed by atoms with E-state index in [0.29, 0.717) is 0 Å². The second kappa shape index (κ2) is 28.3. The van der Waals surface area contributed by atoms with Crippen molar-refractivity contribution in [1.82, 2.24) is 58.1 Å². The third-order valence-corrected chi connectivity index (χ3v) is 11.7. The van der Waals surface area contributed by atoms with Crippen molar-refractivity contribution >= 4 is 14.2 Å². The Morgan fingerprint density at radius 1 is 0.219 bits per heavy atom. The Bertz CT molecular complexity index is 3260. The molecule has 0 unspecified atom stereocenters. The van der Waals surface area contributed by atoms with E-state index in [1.54, 1.807) is 0 Å². The van der Waals surface area contributed by atoms with E-state index < -0.39 is 221 Å². The first-order chi connectivity index (χ1) is 42.0. The van der Waals surface area contributed by atoms with Crippen LogP contribution in [0.5, 0.6) is 0 Å². The van der Waals surface area contributed by atoms with Crippen LogP contribution in [0.15, 0.2) is 97.1 Å². The minimum atomic E-state index is -6.13. The van der Waals surface area contributed by atoms with Gasteiger partial charge in [0, 0.05) is 0 Å². The quantitative estimate of drug-likeness (QED) is 0.121. The minimum absolute atomic E-state index is 0. The van der Waals surface area contributed by atoms with Crippen molar-refractivity contribution in [2.75, 3.05) is 0 Å². The molecule has 96 heavy (non-hydrogen) atoms.